The Kier molecular flexibility index (Phi) is 11.0. The van der Waals surface area contributed by atoms with Crippen molar-refractivity contribution in [2.24, 2.45) is 5.41 Å². The summed E-state index contributed by atoms with van der Waals surface area (Å²) >= 11 is 0. The van der Waals surface area contributed by atoms with Gasteiger partial charge < -0.3 is 25.3 Å². The molecule has 9 nitrogen and oxygen atoms in total. The number of carbonyl (C=O) groups is 1. The van der Waals surface area contributed by atoms with Crippen LogP contribution in [-0.2, 0) is 23.4 Å². The minimum atomic E-state index is -0.429. The van der Waals surface area contributed by atoms with E-state index >= 15 is 0 Å². The summed E-state index contributed by atoms with van der Waals surface area (Å²) in [6.45, 7) is 6.74. The predicted octanol–water partition coefficient (Wildman–Crippen LogP) is 6.44. The van der Waals surface area contributed by atoms with Gasteiger partial charge in [-0.1, -0.05) is 88.3 Å². The zero-order valence-corrected chi connectivity index (χ0v) is 27.7. The van der Waals surface area contributed by atoms with Gasteiger partial charge in [-0.2, -0.15) is 0 Å². The molecule has 0 bridgehead atoms. The Morgan fingerprint density at radius 1 is 0.935 bits per heavy atom. The number of amides is 1. The molecule has 1 spiro atoms. The van der Waals surface area contributed by atoms with Crippen LogP contribution >= 0.6 is 0 Å². The smallest absolute Gasteiger partial charge is 0.252 e. The molecule has 3 aliphatic rings. The lowest BCUT2D eigenvalue weighted by Gasteiger charge is -2.45. The van der Waals surface area contributed by atoms with Gasteiger partial charge in [-0.3, -0.25) is 10.1 Å². The van der Waals surface area contributed by atoms with E-state index in [0.717, 1.165) is 61.9 Å². The second kappa shape index (κ2) is 15.5. The fraction of sp³-hybridized carbons (Fsp3) is 0.595. The molecule has 0 radical (unpaired) electrons. The zero-order valence-electron chi connectivity index (χ0n) is 27.7. The highest BCUT2D eigenvalue weighted by atomic mass is 16.5. The van der Waals surface area contributed by atoms with Crippen LogP contribution in [0.2, 0.25) is 0 Å². The molecule has 1 saturated carbocycles. The van der Waals surface area contributed by atoms with E-state index < -0.39 is 5.54 Å². The Balaban J connectivity index is 1.18. The molecule has 2 saturated heterocycles. The minimum absolute atomic E-state index is 0.0705. The van der Waals surface area contributed by atoms with Crippen LogP contribution in [0.3, 0.4) is 0 Å². The van der Waals surface area contributed by atoms with Crippen LogP contribution in [0.25, 0.3) is 0 Å². The first-order chi connectivity index (χ1) is 22.6. The topological polar surface area (TPSA) is 105 Å². The third-order valence-electron chi connectivity index (χ3n) is 10.5. The molecule has 1 unspecified atom stereocenters. The van der Waals surface area contributed by atoms with E-state index in [0.29, 0.717) is 25.3 Å². The van der Waals surface area contributed by atoms with Gasteiger partial charge in [0, 0.05) is 49.6 Å². The molecule has 6 rings (SSSR count). The summed E-state index contributed by atoms with van der Waals surface area (Å²) in [7, 11) is 0. The molecular weight excluding hydrogens is 574 g/mol. The van der Waals surface area contributed by atoms with E-state index in [4.69, 9.17) is 14.9 Å². The van der Waals surface area contributed by atoms with E-state index in [2.05, 4.69) is 44.9 Å². The van der Waals surface area contributed by atoms with Gasteiger partial charge in [-0.05, 0) is 55.9 Å². The quantitative estimate of drug-likeness (QED) is 0.217. The second-order valence-corrected chi connectivity index (χ2v) is 13.7. The van der Waals surface area contributed by atoms with Gasteiger partial charge in [0.15, 0.2) is 11.6 Å². The number of ether oxygens (including phenoxy) is 1. The Hall–Kier alpha value is -3.27. The molecule has 248 valence electrons. The van der Waals surface area contributed by atoms with Crippen molar-refractivity contribution in [1.29, 1.82) is 0 Å². The first-order valence-corrected chi connectivity index (χ1v) is 17.8. The van der Waals surface area contributed by atoms with Crippen LogP contribution in [0.5, 0.6) is 0 Å². The summed E-state index contributed by atoms with van der Waals surface area (Å²) in [6.07, 6.45) is 14.3. The van der Waals surface area contributed by atoms with E-state index in [1.807, 2.05) is 42.5 Å². The summed E-state index contributed by atoms with van der Waals surface area (Å²) in [5, 5.41) is 24.1. The molecule has 3 heterocycles. The largest absolute Gasteiger partial charge is 0.381 e. The summed E-state index contributed by atoms with van der Waals surface area (Å²) < 4.78 is 8.01. The second-order valence-electron chi connectivity index (χ2n) is 13.7. The molecule has 3 aromatic rings. The average Bonchev–Trinajstić information content (AvgIpc) is 3.50. The Bertz CT molecular complexity index is 1390. The summed E-state index contributed by atoms with van der Waals surface area (Å²) in [5.41, 5.74) is 2.39. The highest BCUT2D eigenvalue weighted by molar-refractivity contribution is 5.95. The normalized spacial score (nSPS) is 21.8. The SMILES string of the molecule is CCCn1c(CNc2cccc(C(=O)NC3(c4ccccc4)CCOCC3)c2)nnc1C1NCNCC12CCCCCCCCC2. The molecular formula is C37H53N7O2. The van der Waals surface area contributed by atoms with E-state index in [1.54, 1.807) is 0 Å². The molecule has 2 aliphatic heterocycles. The number of hydrogen-bond donors (Lipinski definition) is 4. The summed E-state index contributed by atoms with van der Waals surface area (Å²) in [6, 6.07) is 18.3. The van der Waals surface area contributed by atoms with Crippen molar-refractivity contribution in [1.82, 2.24) is 30.7 Å². The molecule has 9 heteroatoms. The summed E-state index contributed by atoms with van der Waals surface area (Å²) in [4.78, 5) is 13.7. The van der Waals surface area contributed by atoms with Gasteiger partial charge in [0.2, 0.25) is 0 Å². The zero-order chi connectivity index (χ0) is 31.7. The molecule has 4 N–H and O–H groups in total. The third-order valence-corrected chi connectivity index (χ3v) is 10.5. The van der Waals surface area contributed by atoms with Gasteiger partial charge in [0.25, 0.3) is 5.91 Å². The number of rotatable bonds is 9. The van der Waals surface area contributed by atoms with Crippen LogP contribution in [0, 0.1) is 5.41 Å². The molecule has 1 amide bonds. The molecule has 1 atom stereocenters. The van der Waals surface area contributed by atoms with Crippen molar-refractivity contribution in [3.05, 3.63) is 77.4 Å². The maximum atomic E-state index is 13.7. The molecule has 2 aromatic carbocycles. The molecule has 1 aliphatic carbocycles. The molecule has 3 fully saturated rings. The van der Waals surface area contributed by atoms with Crippen LogP contribution in [0.4, 0.5) is 5.69 Å². The number of anilines is 1. The molecule has 1 aromatic heterocycles. The maximum Gasteiger partial charge on any atom is 0.252 e. The van der Waals surface area contributed by atoms with Crippen molar-refractivity contribution < 1.29 is 9.53 Å². The molecule has 46 heavy (non-hydrogen) atoms. The van der Waals surface area contributed by atoms with Crippen LogP contribution in [0.1, 0.15) is 118 Å². The Labute approximate surface area is 274 Å². The van der Waals surface area contributed by atoms with Crippen molar-refractivity contribution in [2.45, 2.75) is 109 Å². The van der Waals surface area contributed by atoms with Gasteiger partial charge in [0.05, 0.1) is 18.1 Å². The number of hydrogen-bond acceptors (Lipinski definition) is 7. The van der Waals surface area contributed by atoms with Crippen LogP contribution < -0.4 is 21.3 Å². The number of carbonyl (C=O) groups excluding carboxylic acids is 1. The van der Waals surface area contributed by atoms with E-state index in [1.165, 1.54) is 57.8 Å². The predicted molar refractivity (Wildman–Crippen MR) is 182 cm³/mol. The van der Waals surface area contributed by atoms with Crippen molar-refractivity contribution >= 4 is 11.6 Å². The number of aromatic nitrogens is 3. The minimum Gasteiger partial charge on any atom is -0.381 e. The first-order valence-electron chi connectivity index (χ1n) is 17.8. The van der Waals surface area contributed by atoms with Gasteiger partial charge >= 0.3 is 0 Å². The fourth-order valence-corrected chi connectivity index (χ4v) is 7.96. The standard InChI is InChI=1S/C37H53N7O2/c1-2-22-44-32(42-43-34(44)33-36(27-38-28-40-33)18-11-6-4-3-5-7-12-19-36)26-39-31-17-13-14-29(25-31)35(45)41-37(20-23-46-24-21-37)30-15-9-8-10-16-30/h8-10,13-17,25,33,38-40H,2-7,11-12,18-24,26-28H2,1H3,(H,41,45). The van der Waals surface area contributed by atoms with Crippen LogP contribution in [-0.4, -0.2) is 47.1 Å². The number of nitrogens with one attached hydrogen (secondary N) is 4. The Morgan fingerprint density at radius 2 is 1.67 bits per heavy atom. The maximum absolute atomic E-state index is 13.7. The lowest BCUT2D eigenvalue weighted by Crippen LogP contribution is -2.54. The van der Waals surface area contributed by atoms with Crippen LogP contribution in [0.15, 0.2) is 54.6 Å². The lowest BCUT2D eigenvalue weighted by atomic mass is 9.70. The van der Waals surface area contributed by atoms with Crippen molar-refractivity contribution in [3.63, 3.8) is 0 Å². The fourth-order valence-electron chi connectivity index (χ4n) is 7.96. The third kappa shape index (κ3) is 7.48. The van der Waals surface area contributed by atoms with Gasteiger partial charge in [-0.15, -0.1) is 10.2 Å². The Morgan fingerprint density at radius 3 is 2.41 bits per heavy atom. The highest BCUT2D eigenvalue weighted by Crippen LogP contribution is 2.44. The number of benzene rings is 2. The van der Waals surface area contributed by atoms with Crippen molar-refractivity contribution in [3.8, 4) is 0 Å². The van der Waals surface area contributed by atoms with Gasteiger partial charge in [-0.25, -0.2) is 0 Å². The van der Waals surface area contributed by atoms with E-state index in [-0.39, 0.29) is 17.4 Å². The summed E-state index contributed by atoms with van der Waals surface area (Å²) in [5.74, 6) is 1.94. The lowest BCUT2D eigenvalue weighted by molar-refractivity contribution is 0.0345. The average molecular weight is 628 g/mol. The monoisotopic (exact) mass is 627 g/mol. The van der Waals surface area contributed by atoms with Crippen molar-refractivity contribution in [2.75, 3.05) is 31.7 Å². The highest BCUT2D eigenvalue weighted by Gasteiger charge is 2.43. The van der Waals surface area contributed by atoms with E-state index in [9.17, 15) is 4.79 Å². The first kappa shape index (κ1) is 32.7. The number of nitrogens with zero attached hydrogens (tertiary/aromatic N) is 3. The van der Waals surface area contributed by atoms with Gasteiger partial charge in [0.1, 0.15) is 0 Å².